The zero-order valence-electron chi connectivity index (χ0n) is 8.83. The maximum absolute atomic E-state index is 4.39. The number of allylic oxidation sites excluding steroid dienone is 1. The van der Waals surface area contributed by atoms with Gasteiger partial charge in [0.15, 0.2) is 0 Å². The van der Waals surface area contributed by atoms with Crippen molar-refractivity contribution < 1.29 is 0 Å². The van der Waals surface area contributed by atoms with Crippen LogP contribution in [-0.2, 0) is 0 Å². The summed E-state index contributed by atoms with van der Waals surface area (Å²) in [4.78, 5) is 4.39. The maximum Gasteiger partial charge on any atom is 0.129 e. The van der Waals surface area contributed by atoms with E-state index in [9.17, 15) is 0 Å². The molecule has 0 spiro atoms. The summed E-state index contributed by atoms with van der Waals surface area (Å²) >= 11 is 3.42. The zero-order valence-corrected chi connectivity index (χ0v) is 10.4. The number of hydrogen-bond donors (Lipinski definition) is 1. The minimum Gasteiger partial charge on any atom is -0.367 e. The van der Waals surface area contributed by atoms with Gasteiger partial charge in [0.2, 0.25) is 0 Å². The number of nitrogens with zero attached hydrogens (tertiary/aromatic N) is 1. The predicted molar refractivity (Wildman–Crippen MR) is 67.1 cm³/mol. The Balaban J connectivity index is 2.06. The molecule has 0 aromatic carbocycles. The number of aryl methyl sites for hydroxylation is 1. The van der Waals surface area contributed by atoms with Gasteiger partial charge in [-0.2, -0.15) is 0 Å². The van der Waals surface area contributed by atoms with Crippen LogP contribution in [0.2, 0.25) is 0 Å². The van der Waals surface area contributed by atoms with Gasteiger partial charge in [-0.25, -0.2) is 4.98 Å². The largest absolute Gasteiger partial charge is 0.367 e. The first-order chi connectivity index (χ1) is 7.25. The van der Waals surface area contributed by atoms with Gasteiger partial charge in [-0.15, -0.1) is 0 Å². The zero-order chi connectivity index (χ0) is 10.7. The van der Waals surface area contributed by atoms with E-state index in [2.05, 4.69) is 51.4 Å². The van der Waals surface area contributed by atoms with Gasteiger partial charge in [0.05, 0.1) is 0 Å². The lowest BCUT2D eigenvalue weighted by molar-refractivity contribution is 0.641. The standard InChI is InChI=1S/C12H15BrN2/c1-9-7-10(13)8-14-12(9)15-11-5-3-2-4-6-11/h2-3,7-8,11H,4-6H2,1H3,(H,14,15). The van der Waals surface area contributed by atoms with Crippen LogP contribution in [0.3, 0.4) is 0 Å². The van der Waals surface area contributed by atoms with E-state index in [1.807, 2.05) is 6.20 Å². The Morgan fingerprint density at radius 2 is 2.33 bits per heavy atom. The highest BCUT2D eigenvalue weighted by molar-refractivity contribution is 9.10. The molecule has 0 amide bonds. The predicted octanol–water partition coefficient (Wildman–Crippen LogP) is 3.67. The van der Waals surface area contributed by atoms with E-state index in [-0.39, 0.29) is 0 Å². The molecule has 0 saturated carbocycles. The third kappa shape index (κ3) is 2.81. The lowest BCUT2D eigenvalue weighted by Gasteiger charge is -2.20. The molecule has 2 nitrogen and oxygen atoms in total. The smallest absolute Gasteiger partial charge is 0.129 e. The van der Waals surface area contributed by atoms with Gasteiger partial charge in [-0.05, 0) is 53.7 Å². The molecule has 1 aliphatic carbocycles. The van der Waals surface area contributed by atoms with Crippen molar-refractivity contribution in [3.63, 3.8) is 0 Å². The van der Waals surface area contributed by atoms with Crippen LogP contribution in [0, 0.1) is 6.92 Å². The Labute approximate surface area is 98.9 Å². The van der Waals surface area contributed by atoms with Crippen molar-refractivity contribution in [2.75, 3.05) is 5.32 Å². The van der Waals surface area contributed by atoms with Crippen molar-refractivity contribution in [2.24, 2.45) is 0 Å². The first-order valence-corrected chi connectivity index (χ1v) is 6.08. The second-order valence-corrected chi connectivity index (χ2v) is 4.86. The number of aromatic nitrogens is 1. The summed E-state index contributed by atoms with van der Waals surface area (Å²) in [6.45, 7) is 2.08. The topological polar surface area (TPSA) is 24.9 Å². The van der Waals surface area contributed by atoms with Crippen molar-refractivity contribution in [1.82, 2.24) is 4.98 Å². The molecule has 80 valence electrons. The molecule has 0 fully saturated rings. The van der Waals surface area contributed by atoms with Gasteiger partial charge in [0, 0.05) is 16.7 Å². The summed E-state index contributed by atoms with van der Waals surface area (Å²) in [5.74, 6) is 1.01. The van der Waals surface area contributed by atoms with Crippen LogP contribution >= 0.6 is 15.9 Å². The summed E-state index contributed by atoms with van der Waals surface area (Å²) in [5.41, 5.74) is 1.19. The van der Waals surface area contributed by atoms with Crippen LogP contribution in [-0.4, -0.2) is 11.0 Å². The first-order valence-electron chi connectivity index (χ1n) is 5.29. The fourth-order valence-corrected chi connectivity index (χ4v) is 2.26. The van der Waals surface area contributed by atoms with E-state index in [1.54, 1.807) is 0 Å². The van der Waals surface area contributed by atoms with Crippen LogP contribution < -0.4 is 5.32 Å². The first kappa shape index (κ1) is 10.7. The minimum atomic E-state index is 0.544. The molecular formula is C12H15BrN2. The lowest BCUT2D eigenvalue weighted by atomic mass is 10.0. The monoisotopic (exact) mass is 266 g/mol. The van der Waals surface area contributed by atoms with Crippen molar-refractivity contribution in [3.8, 4) is 0 Å². The Hall–Kier alpha value is -0.830. The average molecular weight is 267 g/mol. The van der Waals surface area contributed by atoms with Gasteiger partial charge in [0.1, 0.15) is 5.82 Å². The second-order valence-electron chi connectivity index (χ2n) is 3.94. The Bertz CT molecular complexity index is 374. The van der Waals surface area contributed by atoms with Crippen molar-refractivity contribution in [3.05, 3.63) is 34.5 Å². The SMILES string of the molecule is Cc1cc(Br)cnc1NC1CC=CCC1. The van der Waals surface area contributed by atoms with Crippen LogP contribution in [0.25, 0.3) is 0 Å². The van der Waals surface area contributed by atoms with E-state index >= 15 is 0 Å². The third-order valence-electron chi connectivity index (χ3n) is 2.65. The molecule has 15 heavy (non-hydrogen) atoms. The van der Waals surface area contributed by atoms with E-state index in [0.29, 0.717) is 6.04 Å². The number of hydrogen-bond acceptors (Lipinski definition) is 2. The molecule has 1 N–H and O–H groups in total. The number of halogens is 1. The summed E-state index contributed by atoms with van der Waals surface area (Å²) in [6, 6.07) is 2.64. The minimum absolute atomic E-state index is 0.544. The highest BCUT2D eigenvalue weighted by Gasteiger charge is 2.11. The van der Waals surface area contributed by atoms with Crippen LogP contribution in [0.5, 0.6) is 0 Å². The fraction of sp³-hybridized carbons (Fsp3) is 0.417. The summed E-state index contributed by atoms with van der Waals surface area (Å²) < 4.78 is 1.04. The number of pyridine rings is 1. The van der Waals surface area contributed by atoms with Crippen LogP contribution in [0.1, 0.15) is 24.8 Å². The molecule has 1 aromatic rings. The number of rotatable bonds is 2. The van der Waals surface area contributed by atoms with E-state index in [0.717, 1.165) is 16.7 Å². The highest BCUT2D eigenvalue weighted by Crippen LogP contribution is 2.20. The van der Waals surface area contributed by atoms with E-state index < -0.39 is 0 Å². The summed E-state index contributed by atoms with van der Waals surface area (Å²) in [6.07, 6.45) is 9.82. The third-order valence-corrected chi connectivity index (χ3v) is 3.09. The molecule has 3 heteroatoms. The van der Waals surface area contributed by atoms with Gasteiger partial charge >= 0.3 is 0 Å². The van der Waals surface area contributed by atoms with Gasteiger partial charge in [-0.3, -0.25) is 0 Å². The molecule has 0 aliphatic heterocycles. The van der Waals surface area contributed by atoms with Crippen LogP contribution in [0.15, 0.2) is 28.9 Å². The molecule has 0 saturated heterocycles. The molecule has 1 aliphatic rings. The summed E-state index contributed by atoms with van der Waals surface area (Å²) in [5, 5.41) is 3.49. The second kappa shape index (κ2) is 4.79. The molecule has 1 heterocycles. The van der Waals surface area contributed by atoms with Gasteiger partial charge in [0.25, 0.3) is 0 Å². The molecule has 1 atom stereocenters. The van der Waals surface area contributed by atoms with Crippen molar-refractivity contribution >= 4 is 21.7 Å². The molecule has 1 aromatic heterocycles. The lowest BCUT2D eigenvalue weighted by Crippen LogP contribution is -2.21. The Morgan fingerprint density at radius 1 is 1.47 bits per heavy atom. The molecule has 0 radical (unpaired) electrons. The summed E-state index contributed by atoms with van der Waals surface area (Å²) in [7, 11) is 0. The fourth-order valence-electron chi connectivity index (χ4n) is 1.81. The van der Waals surface area contributed by atoms with Crippen molar-refractivity contribution in [2.45, 2.75) is 32.2 Å². The normalized spacial score (nSPS) is 20.3. The van der Waals surface area contributed by atoms with Gasteiger partial charge in [-0.1, -0.05) is 12.2 Å². The van der Waals surface area contributed by atoms with Crippen LogP contribution in [0.4, 0.5) is 5.82 Å². The molecular weight excluding hydrogens is 252 g/mol. The number of anilines is 1. The Kier molecular flexibility index (Phi) is 3.41. The molecule has 0 bridgehead atoms. The maximum atomic E-state index is 4.39. The van der Waals surface area contributed by atoms with E-state index in [1.165, 1.54) is 18.4 Å². The quantitative estimate of drug-likeness (QED) is 0.827. The van der Waals surface area contributed by atoms with Crippen molar-refractivity contribution in [1.29, 1.82) is 0 Å². The molecule has 2 rings (SSSR count). The van der Waals surface area contributed by atoms with Gasteiger partial charge < -0.3 is 5.32 Å². The average Bonchev–Trinajstić information content (AvgIpc) is 2.24. The van der Waals surface area contributed by atoms with E-state index in [4.69, 9.17) is 0 Å². The number of nitrogens with one attached hydrogen (secondary N) is 1. The molecule has 1 unspecified atom stereocenters. The Morgan fingerprint density at radius 3 is 3.00 bits per heavy atom. The highest BCUT2D eigenvalue weighted by atomic mass is 79.9.